The maximum Gasteiger partial charge on any atom is 0.140 e. The van der Waals surface area contributed by atoms with Gasteiger partial charge in [0.1, 0.15) is 5.78 Å². The lowest BCUT2D eigenvalue weighted by Gasteiger charge is -2.34. The van der Waals surface area contributed by atoms with E-state index in [1.54, 1.807) is 0 Å². The monoisotopic (exact) mass is 239 g/mol. The van der Waals surface area contributed by atoms with E-state index in [1.165, 1.54) is 44.9 Å². The Balaban J connectivity index is 2.28. The number of unbranched alkanes of at least 4 members (excludes halogenated alkanes) is 4. The molecule has 0 heterocycles. The predicted molar refractivity (Wildman–Crippen MR) is 73.0 cm³/mol. The quantitative estimate of drug-likeness (QED) is 0.654. The Morgan fingerprint density at radius 3 is 2.29 bits per heavy atom. The number of hydrogen-bond donors (Lipinski definition) is 1. The molecule has 1 aliphatic carbocycles. The molecular weight excluding hydrogens is 210 g/mol. The molecule has 1 fully saturated rings. The van der Waals surface area contributed by atoms with Gasteiger partial charge in [-0.25, -0.2) is 0 Å². The highest BCUT2D eigenvalue weighted by Crippen LogP contribution is 2.37. The van der Waals surface area contributed by atoms with Crippen molar-refractivity contribution in [2.24, 2.45) is 11.1 Å². The Hall–Kier alpha value is -0.370. The number of ketones is 1. The van der Waals surface area contributed by atoms with Crippen molar-refractivity contribution in [2.75, 3.05) is 6.54 Å². The molecule has 2 heteroatoms. The molecule has 1 rings (SSSR count). The van der Waals surface area contributed by atoms with Gasteiger partial charge in [-0.05, 0) is 19.3 Å². The summed E-state index contributed by atoms with van der Waals surface area (Å²) in [7, 11) is 0. The number of nitrogens with two attached hydrogens (primary N) is 1. The van der Waals surface area contributed by atoms with Gasteiger partial charge in [0.15, 0.2) is 0 Å². The Morgan fingerprint density at radius 2 is 1.71 bits per heavy atom. The Morgan fingerprint density at radius 1 is 1.06 bits per heavy atom. The summed E-state index contributed by atoms with van der Waals surface area (Å²) in [6.07, 6.45) is 12.6. The second-order valence-corrected chi connectivity index (χ2v) is 5.63. The van der Waals surface area contributed by atoms with Gasteiger partial charge >= 0.3 is 0 Å². The summed E-state index contributed by atoms with van der Waals surface area (Å²) in [5.41, 5.74) is 5.73. The summed E-state index contributed by atoms with van der Waals surface area (Å²) in [5, 5.41) is 0. The second kappa shape index (κ2) is 7.86. The first-order valence-corrected chi connectivity index (χ1v) is 7.48. The van der Waals surface area contributed by atoms with E-state index >= 15 is 0 Å². The van der Waals surface area contributed by atoms with E-state index in [-0.39, 0.29) is 5.41 Å². The number of hydrogen-bond acceptors (Lipinski definition) is 2. The van der Waals surface area contributed by atoms with Crippen molar-refractivity contribution in [1.29, 1.82) is 0 Å². The van der Waals surface area contributed by atoms with E-state index in [1.807, 2.05) is 0 Å². The highest BCUT2D eigenvalue weighted by Gasteiger charge is 2.36. The van der Waals surface area contributed by atoms with Crippen LogP contribution in [-0.4, -0.2) is 12.3 Å². The number of Topliss-reactive ketones (excluding diaryl/α,β-unsaturated/α-hetero) is 1. The highest BCUT2D eigenvalue weighted by molar-refractivity contribution is 5.85. The maximum absolute atomic E-state index is 12.3. The molecule has 0 aliphatic heterocycles. The lowest BCUT2D eigenvalue weighted by Crippen LogP contribution is -2.40. The minimum atomic E-state index is -0.136. The lowest BCUT2D eigenvalue weighted by molar-refractivity contribution is -0.130. The summed E-state index contributed by atoms with van der Waals surface area (Å²) in [6.45, 7) is 2.79. The summed E-state index contributed by atoms with van der Waals surface area (Å²) in [4.78, 5) is 12.3. The van der Waals surface area contributed by atoms with Crippen molar-refractivity contribution in [3.63, 3.8) is 0 Å². The van der Waals surface area contributed by atoms with Gasteiger partial charge in [0.25, 0.3) is 0 Å². The van der Waals surface area contributed by atoms with Crippen LogP contribution in [0.5, 0.6) is 0 Å². The van der Waals surface area contributed by atoms with Crippen LogP contribution in [0, 0.1) is 5.41 Å². The highest BCUT2D eigenvalue weighted by atomic mass is 16.1. The van der Waals surface area contributed by atoms with Crippen LogP contribution in [0.15, 0.2) is 0 Å². The molecule has 0 atom stereocenters. The van der Waals surface area contributed by atoms with Crippen LogP contribution in [0.2, 0.25) is 0 Å². The van der Waals surface area contributed by atoms with Crippen molar-refractivity contribution in [1.82, 2.24) is 0 Å². The fourth-order valence-electron chi connectivity index (χ4n) is 2.98. The molecule has 0 unspecified atom stereocenters. The van der Waals surface area contributed by atoms with E-state index < -0.39 is 0 Å². The summed E-state index contributed by atoms with van der Waals surface area (Å²) in [6, 6.07) is 0. The lowest BCUT2D eigenvalue weighted by atomic mass is 9.70. The fourth-order valence-corrected chi connectivity index (χ4v) is 2.98. The average Bonchev–Trinajstić information content (AvgIpc) is 2.39. The molecule has 2 N–H and O–H groups in total. The predicted octanol–water partition coefficient (Wildman–Crippen LogP) is 3.83. The molecule has 0 amide bonds. The summed E-state index contributed by atoms with van der Waals surface area (Å²) >= 11 is 0. The topological polar surface area (TPSA) is 43.1 Å². The maximum atomic E-state index is 12.3. The van der Waals surface area contributed by atoms with E-state index in [0.717, 1.165) is 25.7 Å². The van der Waals surface area contributed by atoms with Gasteiger partial charge in [0, 0.05) is 18.4 Å². The molecule has 0 aromatic heterocycles. The Bertz CT molecular complexity index is 219. The summed E-state index contributed by atoms with van der Waals surface area (Å²) < 4.78 is 0. The van der Waals surface area contributed by atoms with Crippen molar-refractivity contribution in [3.8, 4) is 0 Å². The van der Waals surface area contributed by atoms with Crippen molar-refractivity contribution >= 4 is 5.78 Å². The zero-order valence-corrected chi connectivity index (χ0v) is 11.5. The Labute approximate surface area is 106 Å². The second-order valence-electron chi connectivity index (χ2n) is 5.63. The number of carbonyl (C=O) groups is 1. The molecule has 17 heavy (non-hydrogen) atoms. The third-order valence-electron chi connectivity index (χ3n) is 4.30. The van der Waals surface area contributed by atoms with Crippen molar-refractivity contribution < 1.29 is 4.79 Å². The van der Waals surface area contributed by atoms with Crippen LogP contribution >= 0.6 is 0 Å². The van der Waals surface area contributed by atoms with Crippen LogP contribution in [0.3, 0.4) is 0 Å². The minimum absolute atomic E-state index is 0.136. The summed E-state index contributed by atoms with van der Waals surface area (Å²) in [5.74, 6) is 0.455. The molecule has 0 spiro atoms. The molecule has 0 aromatic rings. The minimum Gasteiger partial charge on any atom is -0.329 e. The van der Waals surface area contributed by atoms with Gasteiger partial charge in [-0.2, -0.15) is 0 Å². The van der Waals surface area contributed by atoms with E-state index in [0.29, 0.717) is 12.3 Å². The van der Waals surface area contributed by atoms with E-state index in [9.17, 15) is 4.79 Å². The van der Waals surface area contributed by atoms with Crippen LogP contribution in [0.4, 0.5) is 0 Å². The zero-order chi connectivity index (χ0) is 12.6. The molecule has 100 valence electrons. The standard InChI is InChI=1S/C15H29NO/c1-2-3-4-5-7-10-14(17)15(13-16)11-8-6-9-12-15/h2-13,16H2,1H3. The number of carbonyl (C=O) groups excluding carboxylic acids is 1. The molecule has 0 radical (unpaired) electrons. The van der Waals surface area contributed by atoms with Gasteiger partial charge in [0.05, 0.1) is 0 Å². The first-order chi connectivity index (χ1) is 8.25. The van der Waals surface area contributed by atoms with Gasteiger partial charge in [-0.3, -0.25) is 4.79 Å². The first-order valence-electron chi connectivity index (χ1n) is 7.48. The van der Waals surface area contributed by atoms with E-state index in [2.05, 4.69) is 6.92 Å². The van der Waals surface area contributed by atoms with Gasteiger partial charge < -0.3 is 5.73 Å². The van der Waals surface area contributed by atoms with Crippen LogP contribution in [0.1, 0.15) is 77.6 Å². The molecule has 2 nitrogen and oxygen atoms in total. The van der Waals surface area contributed by atoms with Gasteiger partial charge in [-0.15, -0.1) is 0 Å². The molecule has 0 aromatic carbocycles. The zero-order valence-electron chi connectivity index (χ0n) is 11.5. The smallest absolute Gasteiger partial charge is 0.140 e. The Kier molecular flexibility index (Phi) is 6.79. The molecular formula is C15H29NO. The normalized spacial score (nSPS) is 19.2. The first kappa shape index (κ1) is 14.7. The van der Waals surface area contributed by atoms with Crippen LogP contribution < -0.4 is 5.73 Å². The van der Waals surface area contributed by atoms with E-state index in [4.69, 9.17) is 5.73 Å². The van der Waals surface area contributed by atoms with Crippen molar-refractivity contribution in [3.05, 3.63) is 0 Å². The van der Waals surface area contributed by atoms with Crippen molar-refractivity contribution in [2.45, 2.75) is 77.6 Å². The largest absolute Gasteiger partial charge is 0.329 e. The third kappa shape index (κ3) is 4.42. The molecule has 1 aliphatic rings. The fraction of sp³-hybridized carbons (Fsp3) is 0.933. The molecule has 0 bridgehead atoms. The molecule has 0 saturated heterocycles. The van der Waals surface area contributed by atoms with Crippen LogP contribution in [0.25, 0.3) is 0 Å². The van der Waals surface area contributed by atoms with Gasteiger partial charge in [-0.1, -0.05) is 51.9 Å². The van der Waals surface area contributed by atoms with Gasteiger partial charge in [0.2, 0.25) is 0 Å². The number of rotatable bonds is 8. The molecule has 1 saturated carbocycles. The average molecular weight is 239 g/mol. The third-order valence-corrected chi connectivity index (χ3v) is 4.30. The van der Waals surface area contributed by atoms with Crippen LogP contribution in [-0.2, 0) is 4.79 Å². The SMILES string of the molecule is CCCCCCCC(=O)C1(CN)CCCCC1.